The van der Waals surface area contributed by atoms with Gasteiger partial charge in [0.05, 0.1) is 27.1 Å². The molecule has 1 aromatic heterocycles. The summed E-state index contributed by atoms with van der Waals surface area (Å²) in [6.45, 7) is 3.56. The van der Waals surface area contributed by atoms with Gasteiger partial charge in [0.25, 0.3) is 5.95 Å². The fraction of sp³-hybridized carbons (Fsp3) is 0.167. The highest BCUT2D eigenvalue weighted by atomic mass is 35.5. The molecule has 0 unspecified atom stereocenters. The number of amides is 2. The largest absolute Gasteiger partial charge is 0.326 e. The third kappa shape index (κ3) is 3.34. The van der Waals surface area contributed by atoms with Gasteiger partial charge in [0.1, 0.15) is 0 Å². The van der Waals surface area contributed by atoms with Crippen molar-refractivity contribution in [2.45, 2.75) is 13.8 Å². The molecular weight excluding hydrogens is 301 g/mol. The molecule has 0 bridgehead atoms. The van der Waals surface area contributed by atoms with Crippen LogP contribution in [-0.2, 0) is 0 Å². The predicted molar refractivity (Wildman–Crippen MR) is 78.4 cm³/mol. The van der Waals surface area contributed by atoms with Crippen LogP contribution in [0.2, 0.25) is 10.0 Å². The topological polar surface area (TPSA) is 79.8 Å². The molecule has 1 heterocycles. The van der Waals surface area contributed by atoms with Crippen molar-refractivity contribution in [1.29, 1.82) is 0 Å². The van der Waals surface area contributed by atoms with Crippen molar-refractivity contribution in [3.05, 3.63) is 39.6 Å². The number of benzene rings is 1. The molecule has 2 amide bonds. The molecule has 0 aliphatic carbocycles. The van der Waals surface area contributed by atoms with Gasteiger partial charge in [0.2, 0.25) is 0 Å². The fourth-order valence-corrected chi connectivity index (χ4v) is 1.71. The number of urea groups is 1. The highest BCUT2D eigenvalue weighted by Crippen LogP contribution is 2.29. The van der Waals surface area contributed by atoms with E-state index in [9.17, 15) is 4.79 Å². The number of carbonyl (C=O) groups excluding carboxylic acids is 1. The molecule has 0 spiro atoms. The number of hydrogen-bond donors (Lipinski definition) is 2. The maximum atomic E-state index is 11.8. The van der Waals surface area contributed by atoms with Crippen LogP contribution < -0.4 is 10.6 Å². The lowest BCUT2D eigenvalue weighted by Gasteiger charge is -2.09. The third-order valence-electron chi connectivity index (χ3n) is 2.52. The smallest absolute Gasteiger partial charge is 0.306 e. The zero-order valence-corrected chi connectivity index (χ0v) is 12.2. The fourth-order valence-electron chi connectivity index (χ4n) is 1.37. The number of rotatable bonds is 2. The molecule has 2 rings (SSSR count). The summed E-state index contributed by atoms with van der Waals surface area (Å²) >= 11 is 11.8. The summed E-state index contributed by atoms with van der Waals surface area (Å²) in [4.78, 5) is 15.9. The molecule has 6 nitrogen and oxygen atoms in total. The van der Waals surface area contributed by atoms with Crippen LogP contribution in [-0.4, -0.2) is 21.2 Å². The quantitative estimate of drug-likeness (QED) is 0.890. The van der Waals surface area contributed by atoms with Gasteiger partial charge in [0, 0.05) is 0 Å². The lowest BCUT2D eigenvalue weighted by Crippen LogP contribution is -2.21. The number of nitrogens with zero attached hydrogens (tertiary/aromatic N) is 3. The summed E-state index contributed by atoms with van der Waals surface area (Å²) < 4.78 is 0. The zero-order chi connectivity index (χ0) is 14.7. The van der Waals surface area contributed by atoms with Gasteiger partial charge in [-0.15, -0.1) is 5.10 Å². The van der Waals surface area contributed by atoms with Gasteiger partial charge in [0.15, 0.2) is 0 Å². The summed E-state index contributed by atoms with van der Waals surface area (Å²) in [5, 5.41) is 13.3. The van der Waals surface area contributed by atoms with E-state index in [-0.39, 0.29) is 11.0 Å². The summed E-state index contributed by atoms with van der Waals surface area (Å²) in [6.07, 6.45) is 0. The number of anilines is 2. The van der Waals surface area contributed by atoms with Crippen LogP contribution in [0.25, 0.3) is 0 Å². The molecule has 0 atom stereocenters. The molecule has 0 fully saturated rings. The van der Waals surface area contributed by atoms with Gasteiger partial charge in [-0.3, -0.25) is 5.32 Å². The molecule has 0 saturated carbocycles. The van der Waals surface area contributed by atoms with Gasteiger partial charge in [-0.25, -0.2) is 9.78 Å². The Bertz CT molecular complexity index is 662. The summed E-state index contributed by atoms with van der Waals surface area (Å²) in [5.41, 5.74) is 1.79. The average molecular weight is 312 g/mol. The highest BCUT2D eigenvalue weighted by molar-refractivity contribution is 6.44. The molecule has 104 valence electrons. The van der Waals surface area contributed by atoms with Crippen LogP contribution in [0.4, 0.5) is 16.4 Å². The number of halogens is 2. The average Bonchev–Trinajstić information content (AvgIpc) is 2.39. The maximum absolute atomic E-state index is 11.8. The van der Waals surface area contributed by atoms with Crippen LogP contribution in [0.1, 0.15) is 11.4 Å². The summed E-state index contributed by atoms with van der Waals surface area (Å²) in [7, 11) is 0. The SMILES string of the molecule is Cc1nnc(NC(=O)Nc2cccc(Cl)c2Cl)nc1C. The second-order valence-corrected chi connectivity index (χ2v) is 4.77. The van der Waals surface area contributed by atoms with Crippen molar-refractivity contribution in [3.63, 3.8) is 0 Å². The van der Waals surface area contributed by atoms with Crippen LogP contribution in [0.15, 0.2) is 18.2 Å². The first kappa shape index (κ1) is 14.5. The Morgan fingerprint density at radius 1 is 1.10 bits per heavy atom. The molecular formula is C12H11Cl2N5O. The van der Waals surface area contributed by atoms with E-state index in [0.29, 0.717) is 22.1 Å². The van der Waals surface area contributed by atoms with Crippen molar-refractivity contribution in [3.8, 4) is 0 Å². The second kappa shape index (κ2) is 6.02. The normalized spacial score (nSPS) is 10.2. The van der Waals surface area contributed by atoms with Crippen LogP contribution in [0.5, 0.6) is 0 Å². The molecule has 8 heteroatoms. The summed E-state index contributed by atoms with van der Waals surface area (Å²) in [5.74, 6) is 0.115. The zero-order valence-electron chi connectivity index (χ0n) is 10.7. The highest BCUT2D eigenvalue weighted by Gasteiger charge is 2.10. The summed E-state index contributed by atoms with van der Waals surface area (Å²) in [6, 6.07) is 4.41. The monoisotopic (exact) mass is 311 g/mol. The van der Waals surface area contributed by atoms with Gasteiger partial charge >= 0.3 is 6.03 Å². The van der Waals surface area contributed by atoms with E-state index in [1.54, 1.807) is 32.0 Å². The van der Waals surface area contributed by atoms with E-state index >= 15 is 0 Å². The number of hydrogen-bond acceptors (Lipinski definition) is 4. The molecule has 0 aliphatic rings. The Morgan fingerprint density at radius 2 is 1.85 bits per heavy atom. The molecule has 0 aliphatic heterocycles. The lowest BCUT2D eigenvalue weighted by molar-refractivity contribution is 0.262. The van der Waals surface area contributed by atoms with Crippen molar-refractivity contribution in [2.75, 3.05) is 10.6 Å². The van der Waals surface area contributed by atoms with Gasteiger partial charge < -0.3 is 5.32 Å². The Kier molecular flexibility index (Phi) is 4.36. The minimum Gasteiger partial charge on any atom is -0.306 e. The second-order valence-electron chi connectivity index (χ2n) is 3.99. The number of aryl methyl sites for hydroxylation is 2. The van der Waals surface area contributed by atoms with E-state index < -0.39 is 6.03 Å². The van der Waals surface area contributed by atoms with E-state index in [4.69, 9.17) is 23.2 Å². The molecule has 0 saturated heterocycles. The molecule has 2 N–H and O–H groups in total. The Hall–Kier alpha value is -1.92. The molecule has 2 aromatic rings. The maximum Gasteiger partial charge on any atom is 0.326 e. The van der Waals surface area contributed by atoms with Gasteiger partial charge in [-0.2, -0.15) is 5.10 Å². The van der Waals surface area contributed by atoms with E-state index in [1.165, 1.54) is 0 Å². The van der Waals surface area contributed by atoms with E-state index in [1.807, 2.05) is 0 Å². The van der Waals surface area contributed by atoms with E-state index in [2.05, 4.69) is 25.8 Å². The van der Waals surface area contributed by atoms with Crippen LogP contribution in [0, 0.1) is 13.8 Å². The standard InChI is InChI=1S/C12H11Cl2N5O/c1-6-7(2)18-19-11(15-6)17-12(20)16-9-5-3-4-8(13)10(9)14/h3-5H,1-2H3,(H2,15,16,17,19,20). The first-order valence-electron chi connectivity index (χ1n) is 5.67. The minimum atomic E-state index is -0.529. The molecule has 0 radical (unpaired) electrons. The lowest BCUT2D eigenvalue weighted by atomic mass is 10.3. The minimum absolute atomic E-state index is 0.115. The predicted octanol–water partition coefficient (Wildman–Crippen LogP) is 3.44. The first-order valence-corrected chi connectivity index (χ1v) is 6.43. The first-order chi connectivity index (χ1) is 9.47. The molecule has 20 heavy (non-hydrogen) atoms. The Morgan fingerprint density at radius 3 is 2.55 bits per heavy atom. The van der Waals surface area contributed by atoms with Crippen LogP contribution in [0.3, 0.4) is 0 Å². The van der Waals surface area contributed by atoms with Crippen molar-refractivity contribution < 1.29 is 4.79 Å². The van der Waals surface area contributed by atoms with Gasteiger partial charge in [-0.05, 0) is 26.0 Å². The van der Waals surface area contributed by atoms with E-state index in [0.717, 1.165) is 0 Å². The number of aromatic nitrogens is 3. The third-order valence-corrected chi connectivity index (χ3v) is 3.34. The Balaban J connectivity index is 2.09. The van der Waals surface area contributed by atoms with Crippen LogP contribution >= 0.6 is 23.2 Å². The Labute approximate surface area is 125 Å². The van der Waals surface area contributed by atoms with Crippen molar-refractivity contribution in [2.24, 2.45) is 0 Å². The number of nitrogens with one attached hydrogen (secondary N) is 2. The number of carbonyl (C=O) groups is 1. The van der Waals surface area contributed by atoms with Crippen molar-refractivity contribution in [1.82, 2.24) is 15.2 Å². The molecule has 1 aromatic carbocycles. The van der Waals surface area contributed by atoms with Crippen molar-refractivity contribution >= 4 is 40.9 Å². The van der Waals surface area contributed by atoms with Gasteiger partial charge in [-0.1, -0.05) is 29.3 Å².